The van der Waals surface area contributed by atoms with Gasteiger partial charge >= 0.3 is 0 Å². The van der Waals surface area contributed by atoms with E-state index in [2.05, 4.69) is 16.4 Å². The number of hydrogen-bond donors (Lipinski definition) is 2. The number of likely N-dealkylation sites (tertiary alicyclic amines) is 1. The van der Waals surface area contributed by atoms with Crippen LogP contribution in [0.5, 0.6) is 0 Å². The zero-order valence-electron chi connectivity index (χ0n) is 16.1. The third-order valence-electron chi connectivity index (χ3n) is 5.79. The van der Waals surface area contributed by atoms with Crippen molar-refractivity contribution in [1.82, 2.24) is 15.2 Å². The summed E-state index contributed by atoms with van der Waals surface area (Å²) in [6.07, 6.45) is 3.69. The summed E-state index contributed by atoms with van der Waals surface area (Å²) in [7, 11) is 0. The predicted molar refractivity (Wildman–Crippen MR) is 110 cm³/mol. The molecular formula is C23H25N3O2. The average Bonchev–Trinajstić information content (AvgIpc) is 3.27. The summed E-state index contributed by atoms with van der Waals surface area (Å²) in [5.74, 6) is -0.0293. The van der Waals surface area contributed by atoms with E-state index < -0.39 is 5.54 Å². The lowest BCUT2D eigenvalue weighted by molar-refractivity contribution is -0.140. The topological polar surface area (TPSA) is 65.2 Å². The smallest absolute Gasteiger partial charge is 0.245 e. The number of carbonyl (C=O) groups excluding carboxylic acids is 2. The van der Waals surface area contributed by atoms with Crippen molar-refractivity contribution < 1.29 is 9.59 Å². The Morgan fingerprint density at radius 1 is 1.14 bits per heavy atom. The van der Waals surface area contributed by atoms with Gasteiger partial charge in [-0.05, 0) is 37.0 Å². The Morgan fingerprint density at radius 3 is 2.71 bits per heavy atom. The molecule has 0 saturated carbocycles. The highest BCUT2D eigenvalue weighted by atomic mass is 16.2. The minimum Gasteiger partial charge on any atom is -0.361 e. The Morgan fingerprint density at radius 2 is 1.89 bits per heavy atom. The Kier molecular flexibility index (Phi) is 4.90. The summed E-state index contributed by atoms with van der Waals surface area (Å²) in [4.78, 5) is 30.5. The fourth-order valence-corrected chi connectivity index (χ4v) is 4.04. The molecule has 3 aromatic rings. The van der Waals surface area contributed by atoms with Gasteiger partial charge in [-0.2, -0.15) is 0 Å². The van der Waals surface area contributed by atoms with Crippen molar-refractivity contribution in [2.24, 2.45) is 0 Å². The van der Waals surface area contributed by atoms with Crippen molar-refractivity contribution >= 4 is 22.7 Å². The Labute approximate surface area is 164 Å². The normalized spacial score (nSPS) is 19.3. The van der Waals surface area contributed by atoms with Crippen LogP contribution >= 0.6 is 0 Å². The summed E-state index contributed by atoms with van der Waals surface area (Å²) >= 11 is 0. The first-order chi connectivity index (χ1) is 13.6. The summed E-state index contributed by atoms with van der Waals surface area (Å²) in [5.41, 5.74) is 2.52. The number of H-pyrrole nitrogens is 1. The number of aromatic nitrogens is 1. The fourth-order valence-electron chi connectivity index (χ4n) is 4.04. The van der Waals surface area contributed by atoms with E-state index >= 15 is 0 Å². The van der Waals surface area contributed by atoms with Crippen LogP contribution in [0.25, 0.3) is 10.9 Å². The van der Waals surface area contributed by atoms with Crippen molar-refractivity contribution in [3.63, 3.8) is 0 Å². The lowest BCUT2D eigenvalue weighted by atomic mass is 9.97. The lowest BCUT2D eigenvalue weighted by Crippen LogP contribution is -2.54. The van der Waals surface area contributed by atoms with Crippen LogP contribution in [0, 0.1) is 0 Å². The second-order valence-electron chi connectivity index (χ2n) is 7.60. The van der Waals surface area contributed by atoms with Crippen molar-refractivity contribution in [3.8, 4) is 0 Å². The first kappa shape index (κ1) is 18.3. The van der Waals surface area contributed by atoms with Gasteiger partial charge in [0.05, 0.1) is 0 Å². The van der Waals surface area contributed by atoms with E-state index in [0.29, 0.717) is 25.9 Å². The minimum absolute atomic E-state index is 0.0530. The molecule has 2 amide bonds. The van der Waals surface area contributed by atoms with Gasteiger partial charge in [0.15, 0.2) is 0 Å². The molecule has 2 heterocycles. The highest BCUT2D eigenvalue weighted by Crippen LogP contribution is 2.31. The predicted octanol–water partition coefficient (Wildman–Crippen LogP) is 3.41. The maximum Gasteiger partial charge on any atom is 0.245 e. The van der Waals surface area contributed by atoms with Crippen LogP contribution in [-0.4, -0.2) is 33.8 Å². The van der Waals surface area contributed by atoms with Crippen molar-refractivity contribution in [3.05, 3.63) is 71.9 Å². The van der Waals surface area contributed by atoms with Crippen LogP contribution < -0.4 is 5.32 Å². The molecular weight excluding hydrogens is 350 g/mol. The zero-order valence-corrected chi connectivity index (χ0v) is 16.1. The SMILES string of the molecule is CC1(C(=O)NCc2ccccc2)CCC(=O)N1CCc1c[nH]c2ccccc12. The van der Waals surface area contributed by atoms with Gasteiger partial charge in [-0.15, -0.1) is 0 Å². The molecule has 1 atom stereocenters. The van der Waals surface area contributed by atoms with Gasteiger partial charge in [-0.1, -0.05) is 48.5 Å². The average molecular weight is 375 g/mol. The first-order valence-electron chi connectivity index (χ1n) is 9.75. The number of rotatable bonds is 6. The second-order valence-corrected chi connectivity index (χ2v) is 7.60. The number of aromatic amines is 1. The third-order valence-corrected chi connectivity index (χ3v) is 5.79. The molecule has 0 aliphatic carbocycles. The van der Waals surface area contributed by atoms with Gasteiger partial charge < -0.3 is 15.2 Å². The minimum atomic E-state index is -0.794. The van der Waals surface area contributed by atoms with E-state index in [9.17, 15) is 9.59 Å². The molecule has 0 radical (unpaired) electrons. The molecule has 1 aromatic heterocycles. The van der Waals surface area contributed by atoms with Gasteiger partial charge in [-0.3, -0.25) is 9.59 Å². The van der Waals surface area contributed by atoms with E-state index in [4.69, 9.17) is 0 Å². The van der Waals surface area contributed by atoms with E-state index in [1.807, 2.05) is 61.7 Å². The van der Waals surface area contributed by atoms with Crippen LogP contribution in [0.2, 0.25) is 0 Å². The fraction of sp³-hybridized carbons (Fsp3) is 0.304. The number of benzene rings is 2. The number of carbonyl (C=O) groups is 2. The Hall–Kier alpha value is -3.08. The molecule has 0 spiro atoms. The molecule has 2 N–H and O–H groups in total. The quantitative estimate of drug-likeness (QED) is 0.693. The lowest BCUT2D eigenvalue weighted by Gasteiger charge is -2.34. The molecule has 4 rings (SSSR count). The number of amides is 2. The molecule has 1 unspecified atom stereocenters. The van der Waals surface area contributed by atoms with E-state index in [-0.39, 0.29) is 11.8 Å². The van der Waals surface area contributed by atoms with E-state index in [1.165, 1.54) is 10.9 Å². The van der Waals surface area contributed by atoms with Gasteiger partial charge in [0, 0.05) is 36.6 Å². The van der Waals surface area contributed by atoms with Gasteiger partial charge in [-0.25, -0.2) is 0 Å². The highest BCUT2D eigenvalue weighted by molar-refractivity contribution is 5.94. The van der Waals surface area contributed by atoms with Gasteiger partial charge in [0.2, 0.25) is 11.8 Å². The van der Waals surface area contributed by atoms with Crippen molar-refractivity contribution in [2.75, 3.05) is 6.54 Å². The van der Waals surface area contributed by atoms with Crippen LogP contribution in [0.1, 0.15) is 30.9 Å². The molecule has 144 valence electrons. The first-order valence-corrected chi connectivity index (χ1v) is 9.75. The molecule has 28 heavy (non-hydrogen) atoms. The molecule has 1 aliphatic heterocycles. The van der Waals surface area contributed by atoms with E-state index in [1.54, 1.807) is 4.90 Å². The van der Waals surface area contributed by atoms with Gasteiger partial charge in [0.1, 0.15) is 5.54 Å². The third kappa shape index (κ3) is 3.40. The number of nitrogens with zero attached hydrogens (tertiary/aromatic N) is 1. The maximum absolute atomic E-state index is 13.0. The summed E-state index contributed by atoms with van der Waals surface area (Å²) in [5, 5.41) is 4.19. The Bertz CT molecular complexity index is 995. The Balaban J connectivity index is 1.45. The second kappa shape index (κ2) is 7.50. The molecule has 5 heteroatoms. The summed E-state index contributed by atoms with van der Waals surface area (Å²) in [6.45, 7) is 2.89. The molecule has 0 bridgehead atoms. The number of hydrogen-bond acceptors (Lipinski definition) is 2. The van der Waals surface area contributed by atoms with E-state index in [0.717, 1.165) is 17.5 Å². The molecule has 1 fully saturated rings. The van der Waals surface area contributed by atoms with Gasteiger partial charge in [0.25, 0.3) is 0 Å². The van der Waals surface area contributed by atoms with Crippen LogP contribution in [-0.2, 0) is 22.6 Å². The largest absolute Gasteiger partial charge is 0.361 e. The van der Waals surface area contributed by atoms with Crippen LogP contribution in [0.15, 0.2) is 60.8 Å². The van der Waals surface area contributed by atoms with Crippen LogP contribution in [0.4, 0.5) is 0 Å². The molecule has 2 aromatic carbocycles. The zero-order chi connectivity index (χ0) is 19.6. The summed E-state index contributed by atoms with van der Waals surface area (Å²) in [6, 6.07) is 18.0. The monoisotopic (exact) mass is 375 g/mol. The van der Waals surface area contributed by atoms with Crippen molar-refractivity contribution in [2.45, 2.75) is 38.3 Å². The summed E-state index contributed by atoms with van der Waals surface area (Å²) < 4.78 is 0. The molecule has 5 nitrogen and oxygen atoms in total. The standard InChI is InChI=1S/C23H25N3O2/c1-23(22(28)25-15-17-7-3-2-4-8-17)13-11-21(27)26(23)14-12-18-16-24-20-10-6-5-9-19(18)20/h2-10,16,24H,11-15H2,1H3,(H,25,28). The number of fused-ring (bicyclic) bond motifs is 1. The molecule has 1 aliphatic rings. The highest BCUT2D eigenvalue weighted by Gasteiger charge is 2.46. The van der Waals surface area contributed by atoms with Crippen molar-refractivity contribution in [1.29, 1.82) is 0 Å². The van der Waals surface area contributed by atoms with Crippen LogP contribution in [0.3, 0.4) is 0 Å². The number of para-hydroxylation sites is 1. The number of nitrogens with one attached hydrogen (secondary N) is 2. The molecule has 1 saturated heterocycles. The maximum atomic E-state index is 13.0.